The maximum atomic E-state index is 5.22. The first-order valence-corrected chi connectivity index (χ1v) is 22.9. The number of rotatable bonds is 6. The van der Waals surface area contributed by atoms with Crippen LogP contribution in [0.4, 0.5) is 0 Å². The molecule has 10 aromatic carbocycles. The van der Waals surface area contributed by atoms with E-state index in [1.54, 1.807) is 0 Å². The van der Waals surface area contributed by atoms with Crippen LogP contribution < -0.4 is 0 Å². The molecule has 1 aliphatic rings. The number of fused-ring (bicyclic) bond motifs is 10. The quantitative estimate of drug-likeness (QED) is 0.156. The third kappa shape index (κ3) is 6.35. The lowest BCUT2D eigenvalue weighted by atomic mass is 9.92. The van der Waals surface area contributed by atoms with E-state index in [1.807, 2.05) is 6.20 Å². The van der Waals surface area contributed by atoms with Gasteiger partial charge in [-0.2, -0.15) is 0 Å². The first-order chi connectivity index (χ1) is 32.6. The van der Waals surface area contributed by atoms with E-state index in [2.05, 4.69) is 230 Å². The molecule has 0 saturated carbocycles. The van der Waals surface area contributed by atoms with Gasteiger partial charge in [-0.3, -0.25) is 4.98 Å². The van der Waals surface area contributed by atoms with Crippen LogP contribution in [0.1, 0.15) is 30.5 Å². The summed E-state index contributed by atoms with van der Waals surface area (Å²) in [6.45, 7) is 2.36. The van der Waals surface area contributed by atoms with Gasteiger partial charge in [-0.05, 0) is 109 Å². The highest BCUT2D eigenvalue weighted by atomic mass is 15.0. The van der Waals surface area contributed by atoms with Crippen LogP contribution in [0.15, 0.2) is 219 Å². The second-order valence-electron chi connectivity index (χ2n) is 17.8. The van der Waals surface area contributed by atoms with Crippen molar-refractivity contribution in [3.63, 3.8) is 0 Å². The summed E-state index contributed by atoms with van der Waals surface area (Å²) in [6.07, 6.45) is 7.62. The highest BCUT2D eigenvalue weighted by Crippen LogP contribution is 2.42. The van der Waals surface area contributed by atoms with Crippen molar-refractivity contribution in [3.8, 4) is 61.5 Å². The Labute approximate surface area is 383 Å². The number of hydrogen-bond acceptors (Lipinski definition) is 2. The molecule has 0 spiro atoms. The summed E-state index contributed by atoms with van der Waals surface area (Å²) in [6, 6.07) is 75.0. The average Bonchev–Trinajstić information content (AvgIpc) is 3.73. The van der Waals surface area contributed by atoms with E-state index < -0.39 is 0 Å². The van der Waals surface area contributed by atoms with Crippen LogP contribution >= 0.6 is 0 Å². The summed E-state index contributed by atoms with van der Waals surface area (Å²) >= 11 is 0. The van der Waals surface area contributed by atoms with Crippen molar-refractivity contribution in [3.05, 3.63) is 230 Å². The zero-order valence-corrected chi connectivity index (χ0v) is 36.5. The number of benzene rings is 10. The van der Waals surface area contributed by atoms with Crippen LogP contribution in [0.5, 0.6) is 0 Å². The molecule has 0 fully saturated rings. The lowest BCUT2D eigenvalue weighted by Gasteiger charge is -2.19. The molecule has 12 aromatic rings. The molecule has 1 aliphatic carbocycles. The predicted octanol–water partition coefficient (Wildman–Crippen LogP) is 16.9. The Morgan fingerprint density at radius 3 is 1.64 bits per heavy atom. The zero-order chi connectivity index (χ0) is 43.7. The number of aromatic nitrogens is 3. The minimum absolute atomic E-state index is 0.401. The highest BCUT2D eigenvalue weighted by molar-refractivity contribution is 6.23. The Morgan fingerprint density at radius 1 is 0.424 bits per heavy atom. The third-order valence-electron chi connectivity index (χ3n) is 13.8. The second kappa shape index (κ2) is 15.4. The molecule has 3 nitrogen and oxygen atoms in total. The van der Waals surface area contributed by atoms with Gasteiger partial charge in [0, 0.05) is 44.6 Å². The summed E-state index contributed by atoms with van der Waals surface area (Å²) in [5.41, 5.74) is 18.6. The molecule has 0 amide bonds. The molecule has 2 aromatic heterocycles. The zero-order valence-electron chi connectivity index (χ0n) is 36.5. The van der Waals surface area contributed by atoms with E-state index in [1.165, 1.54) is 88.3 Å². The van der Waals surface area contributed by atoms with Crippen molar-refractivity contribution in [1.82, 2.24) is 14.5 Å². The van der Waals surface area contributed by atoms with Crippen LogP contribution in [0.25, 0.3) is 122 Å². The van der Waals surface area contributed by atoms with E-state index in [4.69, 9.17) is 9.97 Å². The molecule has 1 unspecified atom stereocenters. The number of allylic oxidation sites excluding steroid dienone is 1. The molecule has 310 valence electrons. The van der Waals surface area contributed by atoms with Gasteiger partial charge < -0.3 is 4.57 Å². The number of hydrogen-bond donors (Lipinski definition) is 0. The van der Waals surface area contributed by atoms with Gasteiger partial charge >= 0.3 is 0 Å². The SMILES string of the molecule is CC1CC=Cc2c1n(-c1ccc(-c3cccc(-c4ccc(-c5cnc6c7ccccc7c7ccccc7c6n5)cc4)c3)cc1)c1ccc(-c3ccc(-c4ccc5ccccc5c4)cc3)cc21. The maximum Gasteiger partial charge on any atom is 0.0979 e. The molecule has 0 aliphatic heterocycles. The molecular weight excluding hydrogens is 799 g/mol. The van der Waals surface area contributed by atoms with Gasteiger partial charge in [0.15, 0.2) is 0 Å². The van der Waals surface area contributed by atoms with Crippen LogP contribution in [0.3, 0.4) is 0 Å². The van der Waals surface area contributed by atoms with Crippen molar-refractivity contribution >= 4 is 60.3 Å². The van der Waals surface area contributed by atoms with Gasteiger partial charge in [0.05, 0.1) is 28.4 Å². The smallest absolute Gasteiger partial charge is 0.0979 e. The Hall–Kier alpha value is -8.40. The van der Waals surface area contributed by atoms with Gasteiger partial charge in [0.25, 0.3) is 0 Å². The summed E-state index contributed by atoms with van der Waals surface area (Å²) in [5.74, 6) is 0.401. The highest BCUT2D eigenvalue weighted by Gasteiger charge is 2.24. The van der Waals surface area contributed by atoms with E-state index in [9.17, 15) is 0 Å². The molecule has 3 heteroatoms. The number of nitrogens with zero attached hydrogens (tertiary/aromatic N) is 3. The van der Waals surface area contributed by atoms with Crippen LogP contribution in [0.2, 0.25) is 0 Å². The van der Waals surface area contributed by atoms with Gasteiger partial charge in [-0.15, -0.1) is 0 Å². The first-order valence-electron chi connectivity index (χ1n) is 22.9. The van der Waals surface area contributed by atoms with E-state index in [-0.39, 0.29) is 0 Å². The van der Waals surface area contributed by atoms with Crippen molar-refractivity contribution in [2.75, 3.05) is 0 Å². The Balaban J connectivity index is 0.789. The van der Waals surface area contributed by atoms with Gasteiger partial charge in [-0.25, -0.2) is 4.98 Å². The normalized spacial score (nSPS) is 13.6. The van der Waals surface area contributed by atoms with Gasteiger partial charge in [0.1, 0.15) is 0 Å². The molecule has 0 N–H and O–H groups in total. The topological polar surface area (TPSA) is 30.7 Å². The molecule has 13 rings (SSSR count). The second-order valence-corrected chi connectivity index (χ2v) is 17.8. The summed E-state index contributed by atoms with van der Waals surface area (Å²) in [7, 11) is 0. The average molecular weight is 842 g/mol. The van der Waals surface area contributed by atoms with E-state index >= 15 is 0 Å². The van der Waals surface area contributed by atoms with Crippen molar-refractivity contribution < 1.29 is 0 Å². The summed E-state index contributed by atoms with van der Waals surface area (Å²) in [4.78, 5) is 10.2. The molecule has 2 heterocycles. The summed E-state index contributed by atoms with van der Waals surface area (Å²) in [5, 5.41) is 8.48. The lowest BCUT2D eigenvalue weighted by Crippen LogP contribution is -2.06. The largest absolute Gasteiger partial charge is 0.313 e. The fourth-order valence-electron chi connectivity index (χ4n) is 10.5. The van der Waals surface area contributed by atoms with E-state index in [0.717, 1.165) is 45.0 Å². The molecule has 0 radical (unpaired) electrons. The Kier molecular flexibility index (Phi) is 8.89. The third-order valence-corrected chi connectivity index (χ3v) is 13.8. The van der Waals surface area contributed by atoms with Crippen molar-refractivity contribution in [1.29, 1.82) is 0 Å². The standard InChI is InChI=1S/C63H43N3/c1-40-10-8-19-57-58-38-51(44-22-20-43(21-23-44)50-29-26-41-11-2-3-12-47(41)37-50)32-35-60(58)66(63(40)57)52-33-30-45(31-34-52)49-14-9-13-48(36-49)42-24-27-46(28-25-42)59-39-64-61-55-17-6-4-15-53(55)54-16-5-7-18-56(54)62(61)65-59/h2-9,11-40H,10H2,1H3. The molecule has 1 atom stereocenters. The van der Waals surface area contributed by atoms with E-state index in [0.29, 0.717) is 5.92 Å². The summed E-state index contributed by atoms with van der Waals surface area (Å²) < 4.78 is 2.50. The van der Waals surface area contributed by atoms with Crippen LogP contribution in [-0.4, -0.2) is 14.5 Å². The van der Waals surface area contributed by atoms with Gasteiger partial charge in [-0.1, -0.05) is 189 Å². The lowest BCUT2D eigenvalue weighted by molar-refractivity contribution is 0.723. The Bertz CT molecular complexity index is 3860. The fourth-order valence-corrected chi connectivity index (χ4v) is 10.5. The molecule has 0 bridgehead atoms. The molecule has 66 heavy (non-hydrogen) atoms. The molecule has 0 saturated heterocycles. The predicted molar refractivity (Wildman–Crippen MR) is 278 cm³/mol. The van der Waals surface area contributed by atoms with Crippen molar-refractivity contribution in [2.24, 2.45) is 0 Å². The van der Waals surface area contributed by atoms with Crippen LogP contribution in [0, 0.1) is 0 Å². The maximum absolute atomic E-state index is 5.22. The first kappa shape index (κ1) is 38.1. The fraction of sp³-hybridized carbons (Fsp3) is 0.0476. The van der Waals surface area contributed by atoms with Crippen LogP contribution in [-0.2, 0) is 0 Å². The molecular formula is C63H43N3. The monoisotopic (exact) mass is 841 g/mol. The van der Waals surface area contributed by atoms with Gasteiger partial charge in [0.2, 0.25) is 0 Å². The Morgan fingerprint density at radius 2 is 0.955 bits per heavy atom. The van der Waals surface area contributed by atoms with Crippen molar-refractivity contribution in [2.45, 2.75) is 19.3 Å². The minimum Gasteiger partial charge on any atom is -0.313 e. The minimum atomic E-state index is 0.401.